The number of nitrogens with zero attached hydrogens (tertiary/aromatic N) is 1. The Morgan fingerprint density at radius 2 is 2.38 bits per heavy atom. The van der Waals surface area contributed by atoms with Crippen molar-refractivity contribution >= 4 is 11.6 Å². The van der Waals surface area contributed by atoms with E-state index in [9.17, 15) is 4.79 Å². The molecule has 1 aromatic rings. The molecule has 0 unspecified atom stereocenters. The Labute approximate surface area is 94.9 Å². The van der Waals surface area contributed by atoms with Gasteiger partial charge in [0, 0.05) is 31.4 Å². The van der Waals surface area contributed by atoms with E-state index in [1.807, 2.05) is 18.2 Å². The summed E-state index contributed by atoms with van der Waals surface area (Å²) in [6.07, 6.45) is 1.02. The van der Waals surface area contributed by atoms with Crippen molar-refractivity contribution in [1.29, 1.82) is 0 Å². The number of amides is 1. The summed E-state index contributed by atoms with van der Waals surface area (Å²) >= 11 is 0. The maximum absolute atomic E-state index is 11.9. The van der Waals surface area contributed by atoms with Gasteiger partial charge in [-0.15, -0.1) is 0 Å². The average Bonchev–Trinajstić information content (AvgIpc) is 2.75. The third kappa shape index (κ3) is 2.02. The topological polar surface area (TPSA) is 52.6 Å². The summed E-state index contributed by atoms with van der Waals surface area (Å²) in [5, 5.41) is 12.0. The highest BCUT2D eigenvalue weighted by Crippen LogP contribution is 2.23. The minimum Gasteiger partial charge on any atom is -0.395 e. The first-order valence-corrected chi connectivity index (χ1v) is 5.45. The van der Waals surface area contributed by atoms with Gasteiger partial charge in [0.15, 0.2) is 0 Å². The molecule has 0 atom stereocenters. The maximum atomic E-state index is 11.9. The first-order valence-electron chi connectivity index (χ1n) is 5.45. The quantitative estimate of drug-likeness (QED) is 0.789. The molecule has 16 heavy (non-hydrogen) atoms. The van der Waals surface area contributed by atoms with Crippen LogP contribution in [0.15, 0.2) is 18.2 Å². The molecule has 1 aromatic carbocycles. The molecular weight excluding hydrogens is 204 g/mol. The van der Waals surface area contributed by atoms with E-state index in [4.69, 9.17) is 5.11 Å². The maximum Gasteiger partial charge on any atom is 0.253 e. The Morgan fingerprint density at radius 1 is 1.56 bits per heavy atom. The molecule has 0 saturated carbocycles. The first kappa shape index (κ1) is 11.0. The number of aliphatic hydroxyl groups is 1. The van der Waals surface area contributed by atoms with Crippen LogP contribution in [0.1, 0.15) is 15.9 Å². The van der Waals surface area contributed by atoms with Crippen LogP contribution in [0.3, 0.4) is 0 Å². The predicted octanol–water partition coefficient (Wildman–Crippen LogP) is 0.719. The number of benzene rings is 1. The molecule has 0 aliphatic carbocycles. The van der Waals surface area contributed by atoms with Crippen LogP contribution < -0.4 is 5.32 Å². The molecule has 0 bridgehead atoms. The minimum absolute atomic E-state index is 0.00850. The molecule has 0 spiro atoms. The number of carbonyl (C=O) groups excluding carboxylic acids is 1. The van der Waals surface area contributed by atoms with Crippen molar-refractivity contribution in [3.8, 4) is 0 Å². The van der Waals surface area contributed by atoms with Crippen LogP contribution in [0.4, 0.5) is 5.69 Å². The number of rotatable bonds is 3. The Kier molecular flexibility index (Phi) is 3.10. The van der Waals surface area contributed by atoms with Gasteiger partial charge < -0.3 is 15.3 Å². The number of anilines is 1. The molecule has 4 heteroatoms. The van der Waals surface area contributed by atoms with E-state index in [-0.39, 0.29) is 12.5 Å². The van der Waals surface area contributed by atoms with E-state index in [1.54, 1.807) is 7.05 Å². The molecule has 2 N–H and O–H groups in total. The molecule has 0 radical (unpaired) electrons. The lowest BCUT2D eigenvalue weighted by atomic mass is 10.1. The van der Waals surface area contributed by atoms with E-state index in [0.29, 0.717) is 12.1 Å². The standard InChI is InChI=1S/C12H16N2O2/c1-14(6-7-15)12(16)10-3-2-9-4-5-13-11(9)8-10/h2-3,8,13,15H,4-7H2,1H3. The van der Waals surface area contributed by atoms with Crippen molar-refractivity contribution in [3.05, 3.63) is 29.3 Å². The number of nitrogens with one attached hydrogen (secondary N) is 1. The van der Waals surface area contributed by atoms with Crippen molar-refractivity contribution in [1.82, 2.24) is 4.90 Å². The number of hydrogen-bond donors (Lipinski definition) is 2. The Balaban J connectivity index is 2.18. The lowest BCUT2D eigenvalue weighted by molar-refractivity contribution is 0.0767. The van der Waals surface area contributed by atoms with Gasteiger partial charge in [-0.2, -0.15) is 0 Å². The van der Waals surface area contributed by atoms with Crippen molar-refractivity contribution in [2.24, 2.45) is 0 Å². The predicted molar refractivity (Wildman–Crippen MR) is 62.7 cm³/mol. The largest absolute Gasteiger partial charge is 0.395 e. The molecule has 2 rings (SSSR count). The molecule has 1 aliphatic rings. The lowest BCUT2D eigenvalue weighted by Crippen LogP contribution is -2.29. The lowest BCUT2D eigenvalue weighted by Gasteiger charge is -2.16. The highest BCUT2D eigenvalue weighted by Gasteiger charge is 2.15. The van der Waals surface area contributed by atoms with Crippen molar-refractivity contribution in [2.45, 2.75) is 6.42 Å². The minimum atomic E-state index is -0.0504. The fourth-order valence-corrected chi connectivity index (χ4v) is 1.90. The molecule has 0 aromatic heterocycles. The van der Waals surface area contributed by atoms with Crippen LogP contribution in [0.2, 0.25) is 0 Å². The highest BCUT2D eigenvalue weighted by molar-refractivity contribution is 5.95. The van der Waals surface area contributed by atoms with Gasteiger partial charge in [0.2, 0.25) is 0 Å². The zero-order valence-corrected chi connectivity index (χ0v) is 9.36. The van der Waals surface area contributed by atoms with E-state index < -0.39 is 0 Å². The van der Waals surface area contributed by atoms with Gasteiger partial charge in [0.05, 0.1) is 6.61 Å². The summed E-state index contributed by atoms with van der Waals surface area (Å²) in [7, 11) is 1.69. The Bertz CT molecular complexity index is 404. The summed E-state index contributed by atoms with van der Waals surface area (Å²) in [4.78, 5) is 13.4. The van der Waals surface area contributed by atoms with Gasteiger partial charge in [-0.1, -0.05) is 6.07 Å². The number of carbonyl (C=O) groups is 1. The fraction of sp³-hybridized carbons (Fsp3) is 0.417. The summed E-state index contributed by atoms with van der Waals surface area (Å²) in [5.41, 5.74) is 2.99. The van der Waals surface area contributed by atoms with Gasteiger partial charge in [-0.05, 0) is 24.1 Å². The molecule has 4 nitrogen and oxygen atoms in total. The summed E-state index contributed by atoms with van der Waals surface area (Å²) < 4.78 is 0. The first-order chi connectivity index (χ1) is 7.72. The van der Waals surface area contributed by atoms with Gasteiger partial charge >= 0.3 is 0 Å². The number of aliphatic hydroxyl groups excluding tert-OH is 1. The van der Waals surface area contributed by atoms with Crippen molar-refractivity contribution in [3.63, 3.8) is 0 Å². The van der Waals surface area contributed by atoms with Crippen LogP contribution in [-0.4, -0.2) is 42.7 Å². The number of hydrogen-bond acceptors (Lipinski definition) is 3. The normalized spacial score (nSPS) is 13.1. The summed E-state index contributed by atoms with van der Waals surface area (Å²) in [6.45, 7) is 1.30. The van der Waals surface area contributed by atoms with Gasteiger partial charge in [-0.25, -0.2) is 0 Å². The van der Waals surface area contributed by atoms with E-state index in [2.05, 4.69) is 5.32 Å². The molecule has 1 amide bonds. The van der Waals surface area contributed by atoms with E-state index in [1.165, 1.54) is 10.5 Å². The zero-order valence-electron chi connectivity index (χ0n) is 9.36. The van der Waals surface area contributed by atoms with Crippen LogP contribution in [0, 0.1) is 0 Å². The summed E-state index contributed by atoms with van der Waals surface area (Å²) in [5.74, 6) is -0.0504. The smallest absolute Gasteiger partial charge is 0.253 e. The van der Waals surface area contributed by atoms with Crippen LogP contribution in [0.25, 0.3) is 0 Å². The Morgan fingerprint density at radius 3 is 3.12 bits per heavy atom. The van der Waals surface area contributed by atoms with Crippen LogP contribution in [0.5, 0.6) is 0 Å². The van der Waals surface area contributed by atoms with Gasteiger partial charge in [0.1, 0.15) is 0 Å². The van der Waals surface area contributed by atoms with Crippen LogP contribution >= 0.6 is 0 Å². The third-order valence-corrected chi connectivity index (χ3v) is 2.85. The SMILES string of the molecule is CN(CCO)C(=O)c1ccc2c(c1)NCC2. The number of likely N-dealkylation sites (N-methyl/N-ethyl adjacent to an activating group) is 1. The molecule has 86 valence electrons. The molecular formula is C12H16N2O2. The summed E-state index contributed by atoms with van der Waals surface area (Å²) in [6, 6.07) is 5.73. The number of fused-ring (bicyclic) bond motifs is 1. The molecule has 1 heterocycles. The molecule has 0 fully saturated rings. The highest BCUT2D eigenvalue weighted by atomic mass is 16.3. The van der Waals surface area contributed by atoms with Gasteiger partial charge in [-0.3, -0.25) is 4.79 Å². The molecule has 0 saturated heterocycles. The Hall–Kier alpha value is -1.55. The van der Waals surface area contributed by atoms with Gasteiger partial charge in [0.25, 0.3) is 5.91 Å². The third-order valence-electron chi connectivity index (χ3n) is 2.85. The second kappa shape index (κ2) is 4.53. The van der Waals surface area contributed by atoms with E-state index >= 15 is 0 Å². The molecule has 1 aliphatic heterocycles. The second-order valence-corrected chi connectivity index (χ2v) is 4.00. The zero-order chi connectivity index (χ0) is 11.5. The van der Waals surface area contributed by atoms with Crippen LogP contribution in [-0.2, 0) is 6.42 Å². The second-order valence-electron chi connectivity index (χ2n) is 4.00. The fourth-order valence-electron chi connectivity index (χ4n) is 1.90. The van der Waals surface area contributed by atoms with Crippen molar-refractivity contribution in [2.75, 3.05) is 32.1 Å². The van der Waals surface area contributed by atoms with Crippen molar-refractivity contribution < 1.29 is 9.90 Å². The van der Waals surface area contributed by atoms with E-state index in [0.717, 1.165) is 18.7 Å². The average molecular weight is 220 g/mol. The monoisotopic (exact) mass is 220 g/mol.